The number of hydrogen-bond acceptors (Lipinski definition) is 6. The Morgan fingerprint density at radius 3 is 1.09 bits per heavy atom. The predicted molar refractivity (Wildman–Crippen MR) is 188 cm³/mol. The molecule has 6 heteroatoms. The van der Waals surface area contributed by atoms with Gasteiger partial charge in [-0.15, -0.1) is 0 Å². The van der Waals surface area contributed by atoms with E-state index in [1.165, 1.54) is 0 Å². The van der Waals surface area contributed by atoms with Gasteiger partial charge in [0.2, 0.25) is 0 Å². The van der Waals surface area contributed by atoms with E-state index in [0.717, 1.165) is 59.1 Å². The van der Waals surface area contributed by atoms with Crippen molar-refractivity contribution in [3.63, 3.8) is 0 Å². The number of phenols is 2. The van der Waals surface area contributed by atoms with Gasteiger partial charge in [0, 0.05) is 24.0 Å². The van der Waals surface area contributed by atoms with Crippen molar-refractivity contribution in [2.45, 2.75) is 156 Å². The van der Waals surface area contributed by atoms with Crippen LogP contribution in [0.2, 0.25) is 0 Å². The molecule has 0 unspecified atom stereocenters. The highest BCUT2D eigenvalue weighted by Gasteiger charge is 2.32. The molecule has 0 spiro atoms. The smallest absolute Gasteiger partial charge is 0.306 e. The number of phenolic OH excluding ortho intramolecular Hbond substituents is 2. The van der Waals surface area contributed by atoms with Crippen molar-refractivity contribution in [3.8, 4) is 11.5 Å². The van der Waals surface area contributed by atoms with Crippen molar-refractivity contribution < 1.29 is 29.3 Å². The first-order valence-electron chi connectivity index (χ1n) is 17.1. The molecule has 258 valence electrons. The monoisotopic (exact) mass is 638 g/mol. The van der Waals surface area contributed by atoms with Crippen LogP contribution < -0.4 is 0 Å². The summed E-state index contributed by atoms with van der Waals surface area (Å²) in [5.41, 5.74) is 5.47. The van der Waals surface area contributed by atoms with Crippen LogP contribution >= 0.6 is 0 Å². The van der Waals surface area contributed by atoms with E-state index >= 15 is 0 Å². The number of hydrogen-bond donors (Lipinski definition) is 2. The minimum absolute atomic E-state index is 0.173. The summed E-state index contributed by atoms with van der Waals surface area (Å²) in [5, 5.41) is 21.3. The van der Waals surface area contributed by atoms with Gasteiger partial charge in [0.1, 0.15) is 11.5 Å². The van der Waals surface area contributed by atoms with Crippen molar-refractivity contribution in [2.75, 3.05) is 13.2 Å². The van der Waals surface area contributed by atoms with Gasteiger partial charge in [0.15, 0.2) is 0 Å². The molecule has 0 atom stereocenters. The van der Waals surface area contributed by atoms with Crippen LogP contribution in [0.1, 0.15) is 155 Å². The van der Waals surface area contributed by atoms with Gasteiger partial charge >= 0.3 is 11.9 Å². The molecular formula is C40H62O6. The van der Waals surface area contributed by atoms with Gasteiger partial charge in [-0.2, -0.15) is 0 Å². The van der Waals surface area contributed by atoms with Gasteiger partial charge in [-0.25, -0.2) is 0 Å². The van der Waals surface area contributed by atoms with Crippen LogP contribution in [0.5, 0.6) is 11.5 Å². The quantitative estimate of drug-likeness (QED) is 0.168. The zero-order valence-corrected chi connectivity index (χ0v) is 30.9. The highest BCUT2D eigenvalue weighted by Crippen LogP contribution is 2.43. The molecule has 0 aliphatic heterocycles. The lowest BCUT2D eigenvalue weighted by atomic mass is 9.72. The third-order valence-electron chi connectivity index (χ3n) is 8.30. The van der Waals surface area contributed by atoms with E-state index in [4.69, 9.17) is 9.47 Å². The average molecular weight is 639 g/mol. The number of unbranched alkanes of at least 4 members (excludes halogenated alkanes) is 3. The molecule has 0 radical (unpaired) electrons. The van der Waals surface area contributed by atoms with Crippen molar-refractivity contribution in [1.82, 2.24) is 0 Å². The third-order valence-corrected chi connectivity index (χ3v) is 8.30. The molecule has 2 N–H and O–H groups in total. The molecule has 0 saturated heterocycles. The summed E-state index contributed by atoms with van der Waals surface area (Å²) in [6.07, 6.45) is 5.07. The summed E-state index contributed by atoms with van der Waals surface area (Å²) in [6.45, 7) is 26.2. The molecule has 0 aliphatic rings. The second kappa shape index (κ2) is 15.7. The summed E-state index contributed by atoms with van der Waals surface area (Å²) >= 11 is 0. The lowest BCUT2D eigenvalue weighted by Crippen LogP contribution is -2.24. The number of carbonyl (C=O) groups is 2. The van der Waals surface area contributed by atoms with E-state index in [9.17, 15) is 19.8 Å². The van der Waals surface area contributed by atoms with Crippen LogP contribution in [0.25, 0.3) is 0 Å². The Bertz CT molecular complexity index is 1220. The van der Waals surface area contributed by atoms with E-state index in [1.807, 2.05) is 12.1 Å². The Balaban J connectivity index is 1.74. The van der Waals surface area contributed by atoms with E-state index in [-0.39, 0.29) is 33.6 Å². The zero-order chi connectivity index (χ0) is 35.1. The molecule has 0 fully saturated rings. The minimum Gasteiger partial charge on any atom is -0.508 e. The first kappa shape index (κ1) is 39.2. The fourth-order valence-electron chi connectivity index (χ4n) is 6.47. The molecule has 0 aromatic heterocycles. The summed E-state index contributed by atoms with van der Waals surface area (Å²) in [5.74, 6) is 0.183. The summed E-state index contributed by atoms with van der Waals surface area (Å²) in [7, 11) is 0. The van der Waals surface area contributed by atoms with E-state index in [1.54, 1.807) is 12.1 Å². The third kappa shape index (κ3) is 11.3. The first-order chi connectivity index (χ1) is 21.0. The Kier molecular flexibility index (Phi) is 13.4. The molecule has 2 aromatic rings. The van der Waals surface area contributed by atoms with Gasteiger partial charge in [0.05, 0.1) is 13.2 Å². The van der Waals surface area contributed by atoms with Crippen LogP contribution in [-0.2, 0) is 53.6 Å². The van der Waals surface area contributed by atoms with Gasteiger partial charge < -0.3 is 19.7 Å². The SMILES string of the molecule is CC(C)(C)c1c(O)ccc(CCC(=O)OCCCCCCOC(=O)CCc2ccc(O)c(C(C)(C)C)c2C(C)(C)C)c1C(C)(C)C. The Hall–Kier alpha value is -3.02. The molecule has 6 nitrogen and oxygen atoms in total. The maximum atomic E-state index is 12.5. The van der Waals surface area contributed by atoms with Crippen molar-refractivity contribution in [1.29, 1.82) is 0 Å². The second-order valence-electron chi connectivity index (χ2n) is 16.8. The summed E-state index contributed by atoms with van der Waals surface area (Å²) in [4.78, 5) is 25.0. The second-order valence-corrected chi connectivity index (χ2v) is 16.8. The lowest BCUT2D eigenvalue weighted by Gasteiger charge is -2.33. The predicted octanol–water partition coefficient (Wildman–Crippen LogP) is 9.50. The van der Waals surface area contributed by atoms with Crippen LogP contribution in [0, 0.1) is 0 Å². The topological polar surface area (TPSA) is 93.1 Å². The maximum absolute atomic E-state index is 12.5. The molecule has 2 rings (SSSR count). The Morgan fingerprint density at radius 1 is 0.500 bits per heavy atom. The van der Waals surface area contributed by atoms with Crippen molar-refractivity contribution in [2.24, 2.45) is 0 Å². The zero-order valence-electron chi connectivity index (χ0n) is 30.9. The summed E-state index contributed by atoms with van der Waals surface area (Å²) < 4.78 is 11.0. The van der Waals surface area contributed by atoms with Crippen LogP contribution in [0.15, 0.2) is 24.3 Å². The Morgan fingerprint density at radius 2 is 0.804 bits per heavy atom. The van der Waals surface area contributed by atoms with E-state index < -0.39 is 0 Å². The van der Waals surface area contributed by atoms with Gasteiger partial charge in [-0.05, 0) is 94.6 Å². The number of carbonyl (C=O) groups excluding carboxylic acids is 2. The fraction of sp³-hybridized carbons (Fsp3) is 0.650. The van der Waals surface area contributed by atoms with Crippen LogP contribution in [-0.4, -0.2) is 35.4 Å². The molecule has 0 bridgehead atoms. The highest BCUT2D eigenvalue weighted by atomic mass is 16.5. The van der Waals surface area contributed by atoms with Crippen LogP contribution in [0.4, 0.5) is 0 Å². The van der Waals surface area contributed by atoms with Crippen molar-refractivity contribution >= 4 is 11.9 Å². The Labute approximate surface area is 279 Å². The molecule has 46 heavy (non-hydrogen) atoms. The molecular weight excluding hydrogens is 576 g/mol. The highest BCUT2D eigenvalue weighted by molar-refractivity contribution is 5.70. The van der Waals surface area contributed by atoms with Crippen LogP contribution in [0.3, 0.4) is 0 Å². The number of benzene rings is 2. The van der Waals surface area contributed by atoms with E-state index in [2.05, 4.69) is 83.1 Å². The molecule has 2 aromatic carbocycles. The number of esters is 2. The van der Waals surface area contributed by atoms with Gasteiger partial charge in [-0.1, -0.05) is 95.2 Å². The molecule has 0 amide bonds. The number of aryl methyl sites for hydroxylation is 2. The minimum atomic E-state index is -0.220. The molecule has 0 saturated carbocycles. The van der Waals surface area contributed by atoms with Crippen molar-refractivity contribution in [3.05, 3.63) is 57.6 Å². The van der Waals surface area contributed by atoms with E-state index in [0.29, 0.717) is 50.4 Å². The first-order valence-corrected chi connectivity index (χ1v) is 17.1. The maximum Gasteiger partial charge on any atom is 0.306 e. The van der Waals surface area contributed by atoms with Gasteiger partial charge in [0.25, 0.3) is 0 Å². The average Bonchev–Trinajstić information content (AvgIpc) is 2.90. The largest absolute Gasteiger partial charge is 0.508 e. The summed E-state index contributed by atoms with van der Waals surface area (Å²) in [6, 6.07) is 7.36. The number of aromatic hydroxyl groups is 2. The standard InChI is InChI=1S/C40H62O6/c1-37(2,3)33-27(17-21-29(41)35(33)39(7,8)9)19-23-31(43)45-25-15-13-14-16-26-46-32(44)24-20-28-18-22-30(42)36(40(10,11)12)34(28)38(4,5)6/h17-18,21-22,41-42H,13-16,19-20,23-26H2,1-12H3. The molecule has 0 aliphatic carbocycles. The number of ether oxygens (including phenoxy) is 2. The number of rotatable bonds is 13. The normalized spacial score (nSPS) is 12.7. The molecule has 0 heterocycles. The fourth-order valence-corrected chi connectivity index (χ4v) is 6.47. The van der Waals surface area contributed by atoms with Gasteiger partial charge in [-0.3, -0.25) is 9.59 Å². The lowest BCUT2D eigenvalue weighted by molar-refractivity contribution is -0.145.